The molecule has 0 aliphatic rings. The Balaban J connectivity index is 3.51. The van der Waals surface area contributed by atoms with Gasteiger partial charge in [0.25, 0.3) is 0 Å². The summed E-state index contributed by atoms with van der Waals surface area (Å²) in [6, 6.07) is 0. The number of hydrogen-bond acceptors (Lipinski definition) is 1. The summed E-state index contributed by atoms with van der Waals surface area (Å²) in [5.74, 6) is 0.816. The van der Waals surface area contributed by atoms with Gasteiger partial charge in [0.1, 0.15) is 0 Å². The van der Waals surface area contributed by atoms with Crippen molar-refractivity contribution in [2.45, 2.75) is 59.1 Å². The van der Waals surface area contributed by atoms with Crippen LogP contribution in [-0.2, 0) is 4.43 Å². The molecule has 0 aromatic heterocycles. The molecule has 0 bridgehead atoms. The highest BCUT2D eigenvalue weighted by molar-refractivity contribution is 6.29. The van der Waals surface area contributed by atoms with Gasteiger partial charge in [-0.05, 0) is 38.7 Å². The Bertz CT molecular complexity index is 115. The van der Waals surface area contributed by atoms with E-state index >= 15 is 0 Å². The first-order chi connectivity index (χ1) is 5.31. The van der Waals surface area contributed by atoms with Gasteiger partial charge in [-0.2, -0.15) is 0 Å². The van der Waals surface area contributed by atoms with Gasteiger partial charge in [-0.25, -0.2) is 0 Å². The van der Waals surface area contributed by atoms with Crippen molar-refractivity contribution in [1.29, 1.82) is 0 Å². The smallest absolute Gasteiger partial charge is 0.165 e. The lowest BCUT2D eigenvalue weighted by Crippen LogP contribution is -2.23. The van der Waals surface area contributed by atoms with Gasteiger partial charge in [0, 0.05) is 5.60 Å². The number of hydrogen-bond donors (Lipinski definition) is 0. The Morgan fingerprint density at radius 2 is 1.67 bits per heavy atom. The summed E-state index contributed by atoms with van der Waals surface area (Å²) in [5.41, 5.74) is 0.904. The van der Waals surface area contributed by atoms with Gasteiger partial charge in [0.15, 0.2) is 9.76 Å². The Kier molecular flexibility index (Phi) is 5.10. The maximum Gasteiger partial charge on any atom is 0.165 e. The van der Waals surface area contributed by atoms with Crippen LogP contribution in [-0.4, -0.2) is 15.4 Å². The minimum atomic E-state index is -0.311. The molecule has 0 aromatic rings. The van der Waals surface area contributed by atoms with Crippen LogP contribution >= 0.6 is 0 Å². The zero-order valence-corrected chi connectivity index (χ0v) is 10.9. The van der Waals surface area contributed by atoms with E-state index in [1.165, 1.54) is 6.42 Å². The first kappa shape index (κ1) is 12.2. The maximum absolute atomic E-state index is 5.83. The normalized spacial score (nSPS) is 16.2. The zero-order valence-electron chi connectivity index (χ0n) is 9.48. The van der Waals surface area contributed by atoms with Crippen LogP contribution in [0.5, 0.6) is 0 Å². The lowest BCUT2D eigenvalue weighted by Gasteiger charge is -2.23. The van der Waals surface area contributed by atoms with Gasteiger partial charge in [0.05, 0.1) is 0 Å². The summed E-state index contributed by atoms with van der Waals surface area (Å²) >= 11 is 0. The van der Waals surface area contributed by atoms with Gasteiger partial charge in [-0.15, -0.1) is 0 Å². The van der Waals surface area contributed by atoms with E-state index in [9.17, 15) is 0 Å². The molecule has 0 aliphatic carbocycles. The van der Waals surface area contributed by atoms with Crippen LogP contribution < -0.4 is 0 Å². The average Bonchev–Trinajstić information content (AvgIpc) is 1.80. The van der Waals surface area contributed by atoms with Crippen molar-refractivity contribution in [3.05, 3.63) is 0 Å². The van der Waals surface area contributed by atoms with Gasteiger partial charge >= 0.3 is 0 Å². The fourth-order valence-corrected chi connectivity index (χ4v) is 2.85. The minimum absolute atomic E-state index is 0.0808. The van der Waals surface area contributed by atoms with Gasteiger partial charge in [-0.3, -0.25) is 0 Å². The van der Waals surface area contributed by atoms with Crippen molar-refractivity contribution in [1.82, 2.24) is 0 Å². The van der Waals surface area contributed by atoms with Crippen molar-refractivity contribution in [2.75, 3.05) is 0 Å². The zero-order chi connectivity index (χ0) is 9.78. The highest BCUT2D eigenvalue weighted by Gasteiger charge is 2.13. The third-order valence-electron chi connectivity index (χ3n) is 1.67. The summed E-state index contributed by atoms with van der Waals surface area (Å²) in [4.78, 5) is 0. The van der Waals surface area contributed by atoms with E-state index in [2.05, 4.69) is 41.5 Å². The van der Waals surface area contributed by atoms with Crippen LogP contribution in [0.4, 0.5) is 0 Å². The lowest BCUT2D eigenvalue weighted by molar-refractivity contribution is 0.134. The molecule has 0 fully saturated rings. The third-order valence-corrected chi connectivity index (χ3v) is 3.61. The molecular weight excluding hydrogens is 164 g/mol. The van der Waals surface area contributed by atoms with Crippen LogP contribution in [0.3, 0.4) is 0 Å². The fraction of sp³-hybridized carbons (Fsp3) is 1.00. The highest BCUT2D eigenvalue weighted by atomic mass is 28.2. The topological polar surface area (TPSA) is 9.23 Å². The van der Waals surface area contributed by atoms with E-state index in [1.54, 1.807) is 0 Å². The fourth-order valence-electron chi connectivity index (χ4n) is 1.27. The van der Waals surface area contributed by atoms with Gasteiger partial charge in [-0.1, -0.05) is 20.8 Å². The molecule has 0 aromatic carbocycles. The van der Waals surface area contributed by atoms with Crippen LogP contribution in [0.15, 0.2) is 0 Å². The maximum atomic E-state index is 5.83. The van der Waals surface area contributed by atoms with Crippen LogP contribution in [0.2, 0.25) is 5.54 Å². The Morgan fingerprint density at radius 1 is 1.17 bits per heavy atom. The first-order valence-corrected chi connectivity index (χ1v) is 6.34. The minimum Gasteiger partial charge on any atom is -0.419 e. The van der Waals surface area contributed by atoms with E-state index < -0.39 is 0 Å². The standard InChI is InChI=1S/C10H24OSi/c1-8(2)7-9(3)12-11-10(4,5)6/h8-9H,7,12H2,1-6H3. The molecule has 0 amide bonds. The molecule has 0 saturated carbocycles. The van der Waals surface area contributed by atoms with Gasteiger partial charge in [0.2, 0.25) is 0 Å². The molecular formula is C10H24OSi. The second-order valence-electron chi connectivity index (χ2n) is 5.16. The predicted octanol–water partition coefficient (Wildman–Crippen LogP) is 2.74. The summed E-state index contributed by atoms with van der Waals surface area (Å²) < 4.78 is 5.83. The van der Waals surface area contributed by atoms with E-state index in [0.717, 1.165) is 11.5 Å². The summed E-state index contributed by atoms with van der Waals surface area (Å²) in [6.07, 6.45) is 1.32. The molecule has 0 rings (SSSR count). The van der Waals surface area contributed by atoms with Crippen molar-refractivity contribution in [3.63, 3.8) is 0 Å². The quantitative estimate of drug-likeness (QED) is 0.616. The molecule has 0 radical (unpaired) electrons. The molecule has 1 unspecified atom stereocenters. The molecule has 0 saturated heterocycles. The van der Waals surface area contributed by atoms with Crippen molar-refractivity contribution in [3.8, 4) is 0 Å². The molecule has 12 heavy (non-hydrogen) atoms. The Morgan fingerprint density at radius 3 is 2.00 bits per heavy atom. The molecule has 2 heteroatoms. The monoisotopic (exact) mass is 188 g/mol. The third kappa shape index (κ3) is 8.28. The van der Waals surface area contributed by atoms with Crippen molar-refractivity contribution in [2.24, 2.45) is 5.92 Å². The van der Waals surface area contributed by atoms with E-state index in [0.29, 0.717) is 0 Å². The summed E-state index contributed by atoms with van der Waals surface area (Å²) in [5, 5.41) is 0. The van der Waals surface area contributed by atoms with Crippen LogP contribution in [0.25, 0.3) is 0 Å². The molecule has 0 N–H and O–H groups in total. The van der Waals surface area contributed by atoms with E-state index in [4.69, 9.17) is 4.43 Å². The SMILES string of the molecule is CC(C)CC(C)[SiH2]OC(C)(C)C. The average molecular weight is 188 g/mol. The summed E-state index contributed by atoms with van der Waals surface area (Å²) in [7, 11) is -0.311. The van der Waals surface area contributed by atoms with Crippen molar-refractivity contribution >= 4 is 9.76 Å². The molecule has 1 nitrogen and oxygen atoms in total. The lowest BCUT2D eigenvalue weighted by atomic mass is 10.1. The van der Waals surface area contributed by atoms with Crippen LogP contribution in [0.1, 0.15) is 48.0 Å². The van der Waals surface area contributed by atoms with Crippen LogP contribution in [0, 0.1) is 5.92 Å². The molecule has 0 heterocycles. The predicted molar refractivity (Wildman–Crippen MR) is 58.3 cm³/mol. The Hall–Kier alpha value is 0.177. The molecule has 1 atom stereocenters. The number of rotatable bonds is 4. The molecule has 0 aliphatic heterocycles. The molecule has 0 spiro atoms. The highest BCUT2D eigenvalue weighted by Crippen LogP contribution is 2.17. The largest absolute Gasteiger partial charge is 0.419 e. The second kappa shape index (κ2) is 5.03. The molecule has 74 valence electrons. The Labute approximate surface area is 79.8 Å². The van der Waals surface area contributed by atoms with E-state index in [1.807, 2.05) is 0 Å². The first-order valence-electron chi connectivity index (χ1n) is 4.95. The summed E-state index contributed by atoms with van der Waals surface area (Å²) in [6.45, 7) is 13.3. The van der Waals surface area contributed by atoms with E-state index in [-0.39, 0.29) is 15.4 Å². The van der Waals surface area contributed by atoms with Crippen molar-refractivity contribution < 1.29 is 4.43 Å². The van der Waals surface area contributed by atoms with Gasteiger partial charge < -0.3 is 4.43 Å². The second-order valence-corrected chi connectivity index (χ2v) is 7.17.